The largest absolute Gasteiger partial charge is 0.497 e. The molecule has 1 aromatic heterocycles. The van der Waals surface area contributed by atoms with E-state index in [2.05, 4.69) is 20.7 Å². The number of rotatable bonds is 8. The highest BCUT2D eigenvalue weighted by Gasteiger charge is 2.34. The van der Waals surface area contributed by atoms with E-state index in [0.717, 1.165) is 11.1 Å². The van der Waals surface area contributed by atoms with Crippen molar-refractivity contribution in [1.29, 1.82) is 0 Å². The molecule has 9 nitrogen and oxygen atoms in total. The summed E-state index contributed by atoms with van der Waals surface area (Å²) in [5.74, 6) is 1.94. The van der Waals surface area contributed by atoms with E-state index in [4.69, 9.17) is 25.8 Å². The molecule has 0 spiro atoms. The summed E-state index contributed by atoms with van der Waals surface area (Å²) in [4.78, 5) is 18.1. The van der Waals surface area contributed by atoms with E-state index < -0.39 is 6.04 Å². The predicted octanol–water partition coefficient (Wildman–Crippen LogP) is 5.46. The number of fused-ring (bicyclic) bond motifs is 1. The first kappa shape index (κ1) is 25.2. The second-order valence-corrected chi connectivity index (χ2v) is 8.97. The number of nitrogens with zero attached hydrogens (tertiary/aromatic N) is 3. The van der Waals surface area contributed by atoms with Crippen molar-refractivity contribution in [2.75, 3.05) is 24.9 Å². The zero-order valence-electron chi connectivity index (χ0n) is 21.1. The topological polar surface area (TPSA) is 99.5 Å². The number of amides is 1. The monoisotopic (exact) mass is 531 g/mol. The zero-order valence-corrected chi connectivity index (χ0v) is 21.8. The quantitative estimate of drug-likeness (QED) is 0.311. The molecule has 1 atom stereocenters. The molecule has 0 aliphatic carbocycles. The number of hydrogen-bond donors (Lipinski definition) is 2. The molecule has 0 radical (unpaired) electrons. The minimum absolute atomic E-state index is 0.307. The second kappa shape index (κ2) is 10.9. The van der Waals surface area contributed by atoms with Crippen molar-refractivity contribution >= 4 is 29.1 Å². The van der Waals surface area contributed by atoms with Gasteiger partial charge in [0.25, 0.3) is 5.91 Å². The first-order valence-electron chi connectivity index (χ1n) is 11.9. The van der Waals surface area contributed by atoms with Gasteiger partial charge in [-0.2, -0.15) is 10.1 Å². The van der Waals surface area contributed by atoms with E-state index in [1.54, 1.807) is 37.1 Å². The zero-order chi connectivity index (χ0) is 26.6. The summed E-state index contributed by atoms with van der Waals surface area (Å²) in [6, 6.07) is 19.8. The lowest BCUT2D eigenvalue weighted by atomic mass is 9.94. The van der Waals surface area contributed by atoms with Crippen molar-refractivity contribution < 1.29 is 19.0 Å². The molecule has 1 amide bonds. The molecule has 3 aromatic carbocycles. The van der Waals surface area contributed by atoms with Crippen LogP contribution in [0.25, 0.3) is 0 Å². The molecule has 2 N–H and O–H groups in total. The third-order valence-corrected chi connectivity index (χ3v) is 6.59. The van der Waals surface area contributed by atoms with Gasteiger partial charge in [0.15, 0.2) is 0 Å². The van der Waals surface area contributed by atoms with E-state index in [-0.39, 0.29) is 5.91 Å². The Labute approximate surface area is 225 Å². The van der Waals surface area contributed by atoms with Gasteiger partial charge in [-0.15, -0.1) is 0 Å². The van der Waals surface area contributed by atoms with Gasteiger partial charge in [-0.05, 0) is 42.8 Å². The van der Waals surface area contributed by atoms with Gasteiger partial charge in [-0.3, -0.25) is 4.79 Å². The van der Waals surface area contributed by atoms with Gasteiger partial charge in [0.2, 0.25) is 5.95 Å². The van der Waals surface area contributed by atoms with Gasteiger partial charge in [-0.25, -0.2) is 4.68 Å². The average molecular weight is 532 g/mol. The lowest BCUT2D eigenvalue weighted by Gasteiger charge is -2.29. The Morgan fingerprint density at radius 2 is 1.89 bits per heavy atom. The molecular formula is C28H26ClN5O4. The fourth-order valence-corrected chi connectivity index (χ4v) is 4.54. The van der Waals surface area contributed by atoms with Crippen molar-refractivity contribution in [2.24, 2.45) is 0 Å². The smallest absolute Gasteiger partial charge is 0.255 e. The molecule has 10 heteroatoms. The van der Waals surface area contributed by atoms with E-state index in [9.17, 15) is 4.79 Å². The molecule has 1 aliphatic heterocycles. The number of aromatic nitrogens is 3. The number of benzene rings is 3. The van der Waals surface area contributed by atoms with Gasteiger partial charge in [0.1, 0.15) is 36.2 Å². The molecular weight excluding hydrogens is 506 g/mol. The summed E-state index contributed by atoms with van der Waals surface area (Å²) >= 11 is 6.29. The third-order valence-electron chi connectivity index (χ3n) is 6.22. The van der Waals surface area contributed by atoms with Crippen molar-refractivity contribution in [2.45, 2.75) is 19.6 Å². The first-order valence-corrected chi connectivity index (χ1v) is 12.2. The van der Waals surface area contributed by atoms with E-state index in [0.29, 0.717) is 51.8 Å². The van der Waals surface area contributed by atoms with Crippen LogP contribution in [0.2, 0.25) is 5.02 Å². The molecule has 0 bridgehead atoms. The lowest BCUT2D eigenvalue weighted by molar-refractivity contribution is -0.113. The van der Waals surface area contributed by atoms with Crippen molar-refractivity contribution in [3.8, 4) is 17.2 Å². The van der Waals surface area contributed by atoms with Gasteiger partial charge in [-0.1, -0.05) is 41.9 Å². The van der Waals surface area contributed by atoms with E-state index in [1.807, 2.05) is 55.5 Å². The van der Waals surface area contributed by atoms with Crippen LogP contribution in [0.3, 0.4) is 0 Å². The van der Waals surface area contributed by atoms with Crippen LogP contribution in [0.15, 0.2) is 84.3 Å². The summed E-state index contributed by atoms with van der Waals surface area (Å²) in [6.07, 6.45) is 1.45. The van der Waals surface area contributed by atoms with Crippen molar-refractivity contribution in [3.05, 3.63) is 100 Å². The molecule has 0 fully saturated rings. The molecule has 0 saturated carbocycles. The number of nitrogens with one attached hydrogen (secondary N) is 2. The second-order valence-electron chi connectivity index (χ2n) is 8.57. The van der Waals surface area contributed by atoms with Gasteiger partial charge in [0, 0.05) is 22.3 Å². The lowest BCUT2D eigenvalue weighted by Crippen LogP contribution is -2.31. The fraction of sp³-hybridized carbons (Fsp3) is 0.179. The minimum atomic E-state index is -0.561. The van der Waals surface area contributed by atoms with Crippen LogP contribution in [-0.2, 0) is 11.4 Å². The fourth-order valence-electron chi connectivity index (χ4n) is 4.35. The highest BCUT2D eigenvalue weighted by atomic mass is 35.5. The van der Waals surface area contributed by atoms with Gasteiger partial charge < -0.3 is 24.8 Å². The summed E-state index contributed by atoms with van der Waals surface area (Å²) in [5, 5.41) is 11.2. The Morgan fingerprint density at radius 3 is 2.68 bits per heavy atom. The van der Waals surface area contributed by atoms with Crippen LogP contribution in [0.5, 0.6) is 17.2 Å². The summed E-state index contributed by atoms with van der Waals surface area (Å²) in [5.41, 5.74) is 3.28. The highest BCUT2D eigenvalue weighted by molar-refractivity contribution is 6.31. The number of ether oxygens (including phenoxy) is 3. The van der Waals surface area contributed by atoms with Crippen LogP contribution in [0, 0.1) is 0 Å². The first-order chi connectivity index (χ1) is 18.5. The van der Waals surface area contributed by atoms with Crippen molar-refractivity contribution in [3.63, 3.8) is 0 Å². The summed E-state index contributed by atoms with van der Waals surface area (Å²) in [6.45, 7) is 2.14. The molecule has 194 valence electrons. The Kier molecular flexibility index (Phi) is 7.19. The number of carbonyl (C=O) groups is 1. The Bertz CT molecular complexity index is 1520. The van der Waals surface area contributed by atoms with Crippen LogP contribution in [0.4, 0.5) is 11.6 Å². The molecule has 4 aromatic rings. The predicted molar refractivity (Wildman–Crippen MR) is 145 cm³/mol. The standard InChI is InChI=1S/C28H26ClN5O4/c1-17-25(27(35)33-23-14-20(36-2)11-12-24(23)37-3)26(34-28(32-17)30-16-31-34)18-8-6-9-21(13-18)38-15-19-7-4-5-10-22(19)29/h4-14,16,26H,15H2,1-3H3,(H,33,35)(H,30,31,32)/t26-/m0/s1. The summed E-state index contributed by atoms with van der Waals surface area (Å²) in [7, 11) is 3.11. The highest BCUT2D eigenvalue weighted by Crippen LogP contribution is 2.37. The number of halogens is 1. The van der Waals surface area contributed by atoms with Crippen LogP contribution >= 0.6 is 11.6 Å². The number of anilines is 2. The maximum absolute atomic E-state index is 13.8. The molecule has 0 saturated heterocycles. The third kappa shape index (κ3) is 5.01. The van der Waals surface area contributed by atoms with Crippen LogP contribution in [0.1, 0.15) is 24.1 Å². The average Bonchev–Trinajstić information content (AvgIpc) is 3.40. The number of carbonyl (C=O) groups excluding carboxylic acids is 1. The number of methoxy groups -OCH3 is 2. The normalized spacial score (nSPS) is 14.4. The summed E-state index contributed by atoms with van der Waals surface area (Å²) < 4.78 is 18.5. The van der Waals surface area contributed by atoms with Crippen molar-refractivity contribution in [1.82, 2.24) is 14.8 Å². The molecule has 38 heavy (non-hydrogen) atoms. The number of hydrogen-bond acceptors (Lipinski definition) is 7. The number of allylic oxidation sites excluding steroid dienone is 1. The Hall–Kier alpha value is -4.50. The van der Waals surface area contributed by atoms with Crippen LogP contribution in [-0.4, -0.2) is 34.9 Å². The Balaban J connectivity index is 1.48. The van der Waals surface area contributed by atoms with E-state index in [1.165, 1.54) is 6.33 Å². The molecule has 0 unspecified atom stereocenters. The molecule has 1 aliphatic rings. The molecule has 5 rings (SSSR count). The van der Waals surface area contributed by atoms with E-state index >= 15 is 0 Å². The van der Waals surface area contributed by atoms with Crippen LogP contribution < -0.4 is 24.8 Å². The Morgan fingerprint density at radius 1 is 1.05 bits per heavy atom. The maximum Gasteiger partial charge on any atom is 0.255 e. The minimum Gasteiger partial charge on any atom is -0.497 e. The molecule has 2 heterocycles. The van der Waals surface area contributed by atoms with Gasteiger partial charge in [0.05, 0.1) is 25.5 Å². The maximum atomic E-state index is 13.8. The van der Waals surface area contributed by atoms with Gasteiger partial charge >= 0.3 is 0 Å². The SMILES string of the molecule is COc1ccc(OC)c(NC(=O)C2=C(C)Nc3ncnn3[C@H]2c2cccc(OCc3ccccc3Cl)c2)c1.